The zero-order chi connectivity index (χ0) is 13.2. The second-order valence-corrected chi connectivity index (χ2v) is 6.77. The number of hydrogen-bond donors (Lipinski definition) is 1. The first-order valence-corrected chi connectivity index (χ1v) is 8.01. The molecule has 2 atom stereocenters. The van der Waals surface area contributed by atoms with Gasteiger partial charge < -0.3 is 15.5 Å². The minimum absolute atomic E-state index is 0.737. The van der Waals surface area contributed by atoms with Crippen molar-refractivity contribution in [2.24, 2.45) is 22.6 Å². The van der Waals surface area contributed by atoms with Crippen LogP contribution in [0.15, 0.2) is 4.99 Å². The third-order valence-electron chi connectivity index (χ3n) is 4.87. The van der Waals surface area contributed by atoms with Crippen molar-refractivity contribution < 1.29 is 0 Å². The zero-order valence-electron chi connectivity index (χ0n) is 12.2. The first-order chi connectivity index (χ1) is 9.22. The fourth-order valence-corrected chi connectivity index (χ4v) is 3.50. The van der Waals surface area contributed by atoms with Crippen LogP contribution >= 0.6 is 0 Å². The summed E-state index contributed by atoms with van der Waals surface area (Å²) in [5.74, 6) is 2.29. The molecule has 1 saturated carbocycles. The smallest absolute Gasteiger partial charge is 0.191 e. The topological polar surface area (TPSA) is 44.9 Å². The highest BCUT2D eigenvalue weighted by Crippen LogP contribution is 2.31. The molecule has 2 aliphatic heterocycles. The van der Waals surface area contributed by atoms with Crippen molar-refractivity contribution in [1.82, 2.24) is 9.80 Å². The summed E-state index contributed by atoms with van der Waals surface area (Å²) in [6.07, 6.45) is 6.75. The van der Waals surface area contributed by atoms with E-state index < -0.39 is 0 Å². The summed E-state index contributed by atoms with van der Waals surface area (Å²) < 4.78 is 0. The van der Waals surface area contributed by atoms with Crippen LogP contribution in [0.1, 0.15) is 39.0 Å². The molecule has 2 N–H and O–H groups in total. The van der Waals surface area contributed by atoms with Gasteiger partial charge in [-0.25, -0.2) is 0 Å². The lowest BCUT2D eigenvalue weighted by molar-refractivity contribution is 0.269. The molecule has 2 unspecified atom stereocenters. The second kappa shape index (κ2) is 5.70. The van der Waals surface area contributed by atoms with Gasteiger partial charge in [0.15, 0.2) is 5.96 Å². The van der Waals surface area contributed by atoms with Crippen molar-refractivity contribution in [3.63, 3.8) is 0 Å². The van der Waals surface area contributed by atoms with E-state index in [9.17, 15) is 0 Å². The highest BCUT2D eigenvalue weighted by atomic mass is 15.3. The fraction of sp³-hybridized carbons (Fsp3) is 0.933. The highest BCUT2D eigenvalue weighted by Gasteiger charge is 2.34. The number of hydrogen-bond acceptors (Lipinski definition) is 2. The molecule has 0 radical (unpaired) electrons. The highest BCUT2D eigenvalue weighted by molar-refractivity contribution is 5.78. The summed E-state index contributed by atoms with van der Waals surface area (Å²) in [5, 5.41) is 0. The monoisotopic (exact) mass is 264 g/mol. The fourth-order valence-electron chi connectivity index (χ4n) is 3.50. The van der Waals surface area contributed by atoms with Crippen molar-refractivity contribution in [2.45, 2.75) is 45.1 Å². The minimum atomic E-state index is 0.737. The molecule has 0 aromatic heterocycles. The Bertz CT molecular complexity index is 337. The lowest BCUT2D eigenvalue weighted by Crippen LogP contribution is -2.43. The molecule has 0 spiro atoms. The molecule has 108 valence electrons. The minimum Gasteiger partial charge on any atom is -0.370 e. The molecule has 4 heteroatoms. The van der Waals surface area contributed by atoms with Gasteiger partial charge in [0.25, 0.3) is 0 Å². The molecule has 0 bridgehead atoms. The van der Waals surface area contributed by atoms with Gasteiger partial charge in [0.05, 0.1) is 0 Å². The van der Waals surface area contributed by atoms with E-state index in [4.69, 9.17) is 5.73 Å². The van der Waals surface area contributed by atoms with Crippen LogP contribution in [0.25, 0.3) is 0 Å². The number of aliphatic imine (C=N–C) groups is 1. The molecular formula is C15H28N4. The van der Waals surface area contributed by atoms with E-state index in [1.54, 1.807) is 0 Å². The largest absolute Gasteiger partial charge is 0.370 e. The quantitative estimate of drug-likeness (QED) is 0.621. The molecule has 19 heavy (non-hydrogen) atoms. The molecule has 2 saturated heterocycles. The van der Waals surface area contributed by atoms with Crippen LogP contribution in [0.2, 0.25) is 0 Å². The van der Waals surface area contributed by atoms with Crippen LogP contribution in [0.3, 0.4) is 0 Å². The van der Waals surface area contributed by atoms with Crippen LogP contribution in [-0.2, 0) is 0 Å². The third-order valence-corrected chi connectivity index (χ3v) is 4.87. The summed E-state index contributed by atoms with van der Waals surface area (Å²) >= 11 is 0. The SMILES string of the molecule is CC1CCCN(C(N)=NCC2CCN(C3CC3)C2)C1. The van der Waals surface area contributed by atoms with Crippen molar-refractivity contribution in [3.05, 3.63) is 0 Å². The van der Waals surface area contributed by atoms with Gasteiger partial charge in [-0.1, -0.05) is 6.92 Å². The summed E-state index contributed by atoms with van der Waals surface area (Å²) in [6.45, 7) is 7.96. The number of guanidine groups is 1. The maximum absolute atomic E-state index is 6.16. The molecule has 3 aliphatic rings. The Morgan fingerprint density at radius 3 is 2.74 bits per heavy atom. The molecule has 2 heterocycles. The molecule has 0 aromatic carbocycles. The maximum atomic E-state index is 6.16. The van der Waals surface area contributed by atoms with Crippen molar-refractivity contribution in [2.75, 3.05) is 32.7 Å². The Kier molecular flexibility index (Phi) is 3.96. The number of nitrogens with two attached hydrogens (primary N) is 1. The first-order valence-electron chi connectivity index (χ1n) is 8.01. The lowest BCUT2D eigenvalue weighted by Gasteiger charge is -2.31. The van der Waals surface area contributed by atoms with Crippen molar-refractivity contribution in [1.29, 1.82) is 0 Å². The van der Waals surface area contributed by atoms with Gasteiger partial charge in [0, 0.05) is 32.2 Å². The van der Waals surface area contributed by atoms with Gasteiger partial charge in [0.2, 0.25) is 0 Å². The molecule has 1 aliphatic carbocycles. The maximum Gasteiger partial charge on any atom is 0.191 e. The molecule has 3 fully saturated rings. The van der Waals surface area contributed by atoms with Crippen LogP contribution in [0, 0.1) is 11.8 Å². The third kappa shape index (κ3) is 3.41. The van der Waals surface area contributed by atoms with E-state index in [2.05, 4.69) is 21.7 Å². The van der Waals surface area contributed by atoms with Gasteiger partial charge in [-0.3, -0.25) is 4.99 Å². The van der Waals surface area contributed by atoms with Crippen LogP contribution in [0.4, 0.5) is 0 Å². The summed E-state index contributed by atoms with van der Waals surface area (Å²) in [6, 6.07) is 0.911. The Morgan fingerprint density at radius 2 is 2.00 bits per heavy atom. The average Bonchev–Trinajstić information content (AvgIpc) is 3.15. The number of likely N-dealkylation sites (tertiary alicyclic amines) is 2. The number of nitrogens with zero attached hydrogens (tertiary/aromatic N) is 3. The molecule has 0 aromatic rings. The van der Waals surface area contributed by atoms with Gasteiger partial charge in [-0.05, 0) is 50.5 Å². The van der Waals surface area contributed by atoms with Crippen molar-refractivity contribution in [3.8, 4) is 0 Å². The van der Waals surface area contributed by atoms with Crippen LogP contribution in [0.5, 0.6) is 0 Å². The Morgan fingerprint density at radius 1 is 1.16 bits per heavy atom. The van der Waals surface area contributed by atoms with E-state index in [0.29, 0.717) is 0 Å². The summed E-state index contributed by atoms with van der Waals surface area (Å²) in [5.41, 5.74) is 6.16. The Labute approximate surface area is 117 Å². The standard InChI is InChI=1S/C15H28N4/c1-12-3-2-7-19(10-12)15(16)17-9-13-6-8-18(11-13)14-4-5-14/h12-14H,2-11H2,1H3,(H2,16,17). The van der Waals surface area contributed by atoms with E-state index in [0.717, 1.165) is 43.5 Å². The molecular weight excluding hydrogens is 236 g/mol. The van der Waals surface area contributed by atoms with E-state index in [-0.39, 0.29) is 0 Å². The zero-order valence-corrected chi connectivity index (χ0v) is 12.2. The van der Waals surface area contributed by atoms with Gasteiger partial charge in [-0.15, -0.1) is 0 Å². The average molecular weight is 264 g/mol. The number of rotatable bonds is 3. The second-order valence-electron chi connectivity index (χ2n) is 6.77. The summed E-state index contributed by atoms with van der Waals surface area (Å²) in [4.78, 5) is 9.60. The van der Waals surface area contributed by atoms with Crippen LogP contribution in [-0.4, -0.2) is 54.5 Å². The predicted octanol–water partition coefficient (Wildman–Crippen LogP) is 1.52. The van der Waals surface area contributed by atoms with Gasteiger partial charge >= 0.3 is 0 Å². The normalized spacial score (nSPS) is 33.9. The van der Waals surface area contributed by atoms with Crippen LogP contribution < -0.4 is 5.73 Å². The van der Waals surface area contributed by atoms with Crippen molar-refractivity contribution >= 4 is 5.96 Å². The Balaban J connectivity index is 1.45. The van der Waals surface area contributed by atoms with E-state index in [1.165, 1.54) is 45.2 Å². The van der Waals surface area contributed by atoms with Gasteiger partial charge in [-0.2, -0.15) is 0 Å². The Hall–Kier alpha value is -0.770. The van der Waals surface area contributed by atoms with Gasteiger partial charge in [0.1, 0.15) is 0 Å². The predicted molar refractivity (Wildman–Crippen MR) is 79.2 cm³/mol. The first kappa shape index (κ1) is 13.2. The van der Waals surface area contributed by atoms with E-state index in [1.807, 2.05) is 0 Å². The number of piperidine rings is 1. The lowest BCUT2D eigenvalue weighted by atomic mass is 10.0. The summed E-state index contributed by atoms with van der Waals surface area (Å²) in [7, 11) is 0. The van der Waals surface area contributed by atoms with E-state index >= 15 is 0 Å². The molecule has 4 nitrogen and oxygen atoms in total. The molecule has 3 rings (SSSR count). The molecule has 0 amide bonds.